The second-order valence-corrected chi connectivity index (χ2v) is 7.59. The molecule has 2 aliphatic rings. The van der Waals surface area contributed by atoms with Crippen molar-refractivity contribution in [1.29, 1.82) is 0 Å². The molecule has 2 aliphatic carbocycles. The van der Waals surface area contributed by atoms with E-state index in [1.54, 1.807) is 0 Å². The Morgan fingerprint density at radius 2 is 2.12 bits per heavy atom. The summed E-state index contributed by atoms with van der Waals surface area (Å²) < 4.78 is 1.99. The molecular formula is C21H24N2O2. The highest BCUT2D eigenvalue weighted by Crippen LogP contribution is 2.54. The van der Waals surface area contributed by atoms with Crippen molar-refractivity contribution < 1.29 is 9.90 Å². The quantitative estimate of drug-likeness (QED) is 0.674. The van der Waals surface area contributed by atoms with Gasteiger partial charge in [0.2, 0.25) is 0 Å². The zero-order chi connectivity index (χ0) is 17.6. The fraction of sp³-hybridized carbons (Fsp3) is 0.429. The number of fused-ring (bicyclic) bond motifs is 3. The first-order chi connectivity index (χ1) is 12.1. The van der Waals surface area contributed by atoms with Crippen LogP contribution in [0.3, 0.4) is 0 Å². The van der Waals surface area contributed by atoms with E-state index in [4.69, 9.17) is 0 Å². The van der Waals surface area contributed by atoms with Crippen molar-refractivity contribution in [2.45, 2.75) is 38.0 Å². The Morgan fingerprint density at radius 3 is 2.84 bits per heavy atom. The molecule has 1 aromatic heterocycles. The van der Waals surface area contributed by atoms with Gasteiger partial charge in [-0.25, -0.2) is 0 Å². The van der Waals surface area contributed by atoms with Gasteiger partial charge in [-0.3, -0.25) is 9.48 Å². The van der Waals surface area contributed by atoms with Crippen LogP contribution < -0.4 is 0 Å². The fourth-order valence-corrected chi connectivity index (χ4v) is 5.26. The summed E-state index contributed by atoms with van der Waals surface area (Å²) in [6, 6.07) is 10.5. The third-order valence-electron chi connectivity index (χ3n) is 6.28. The Morgan fingerprint density at radius 1 is 1.36 bits per heavy atom. The van der Waals surface area contributed by atoms with Crippen LogP contribution >= 0.6 is 0 Å². The SMILES string of the molecule is CC1C(=O)C(=CO)CC2(Cc3ccccc3)c3c(cnn3C)CCC12. The number of aliphatic hydroxyl groups is 1. The standard InChI is InChI=1S/C21H24N2O2/c1-14-18-9-8-16-12-22-23(2)20(16)21(18,11-17(13-24)19(14)25)10-15-6-4-3-5-7-15/h3-7,12-14,18,24H,8-11H2,1-2H3. The van der Waals surface area contributed by atoms with Crippen LogP contribution in [0.15, 0.2) is 48.4 Å². The minimum atomic E-state index is -0.192. The molecule has 0 spiro atoms. The highest BCUT2D eigenvalue weighted by atomic mass is 16.2. The van der Waals surface area contributed by atoms with Gasteiger partial charge in [-0.1, -0.05) is 37.3 Å². The molecule has 0 aliphatic heterocycles. The predicted molar refractivity (Wildman–Crippen MR) is 96.3 cm³/mol. The molecule has 1 N–H and O–H groups in total. The van der Waals surface area contributed by atoms with E-state index in [1.165, 1.54) is 16.8 Å². The van der Waals surface area contributed by atoms with E-state index in [-0.39, 0.29) is 23.0 Å². The third-order valence-corrected chi connectivity index (χ3v) is 6.28. The molecular weight excluding hydrogens is 312 g/mol. The molecule has 3 unspecified atom stereocenters. The monoisotopic (exact) mass is 336 g/mol. The van der Waals surface area contributed by atoms with Crippen LogP contribution in [0.2, 0.25) is 0 Å². The van der Waals surface area contributed by atoms with E-state index in [2.05, 4.69) is 29.4 Å². The molecule has 4 heteroatoms. The minimum Gasteiger partial charge on any atom is -0.515 e. The second kappa shape index (κ2) is 5.87. The largest absolute Gasteiger partial charge is 0.515 e. The van der Waals surface area contributed by atoms with Gasteiger partial charge in [0.1, 0.15) is 0 Å². The Kier molecular flexibility index (Phi) is 3.78. The van der Waals surface area contributed by atoms with Crippen molar-refractivity contribution in [2.24, 2.45) is 18.9 Å². The maximum atomic E-state index is 12.7. The topological polar surface area (TPSA) is 55.1 Å². The first-order valence-corrected chi connectivity index (χ1v) is 8.99. The van der Waals surface area contributed by atoms with Crippen LogP contribution in [0, 0.1) is 11.8 Å². The molecule has 1 fully saturated rings. The molecule has 0 amide bonds. The summed E-state index contributed by atoms with van der Waals surface area (Å²) in [7, 11) is 2.00. The third kappa shape index (κ3) is 2.35. The van der Waals surface area contributed by atoms with Crippen LogP contribution in [0.25, 0.3) is 0 Å². The number of aliphatic hydroxyl groups excluding tert-OH is 1. The number of aromatic nitrogens is 2. The van der Waals surface area contributed by atoms with Crippen LogP contribution in [-0.2, 0) is 30.1 Å². The number of benzene rings is 1. The highest BCUT2D eigenvalue weighted by molar-refractivity contribution is 5.98. The van der Waals surface area contributed by atoms with Gasteiger partial charge in [0.05, 0.1) is 12.5 Å². The molecule has 1 heterocycles. The molecule has 4 rings (SSSR count). The van der Waals surface area contributed by atoms with E-state index in [0.29, 0.717) is 12.0 Å². The molecule has 4 nitrogen and oxygen atoms in total. The molecule has 130 valence electrons. The maximum Gasteiger partial charge on any atom is 0.165 e. The summed E-state index contributed by atoms with van der Waals surface area (Å²) in [4.78, 5) is 12.7. The summed E-state index contributed by atoms with van der Waals surface area (Å²) in [6.45, 7) is 2.02. The predicted octanol–water partition coefficient (Wildman–Crippen LogP) is 3.51. The van der Waals surface area contributed by atoms with Crippen LogP contribution in [0.5, 0.6) is 0 Å². The number of carbonyl (C=O) groups excluding carboxylic acids is 1. The summed E-state index contributed by atoms with van der Waals surface area (Å²) in [6.07, 6.45) is 6.42. The van der Waals surface area contributed by atoms with Gasteiger partial charge in [-0.05, 0) is 42.7 Å². The Labute approximate surface area is 148 Å². The number of ketones is 1. The van der Waals surface area contributed by atoms with Crippen LogP contribution in [0.4, 0.5) is 0 Å². The van der Waals surface area contributed by atoms with Gasteiger partial charge < -0.3 is 5.11 Å². The average molecular weight is 336 g/mol. The summed E-state index contributed by atoms with van der Waals surface area (Å²) >= 11 is 0. The average Bonchev–Trinajstić information content (AvgIpc) is 3.01. The molecule has 0 saturated heterocycles. The molecule has 3 atom stereocenters. The zero-order valence-electron chi connectivity index (χ0n) is 14.8. The smallest absolute Gasteiger partial charge is 0.165 e. The lowest BCUT2D eigenvalue weighted by atomic mass is 9.53. The van der Waals surface area contributed by atoms with Gasteiger partial charge >= 0.3 is 0 Å². The lowest BCUT2D eigenvalue weighted by Crippen LogP contribution is -2.51. The molecule has 25 heavy (non-hydrogen) atoms. The summed E-state index contributed by atoms with van der Waals surface area (Å²) in [5.74, 6) is 0.285. The van der Waals surface area contributed by atoms with Gasteiger partial charge in [-0.15, -0.1) is 0 Å². The van der Waals surface area contributed by atoms with Crippen LogP contribution in [0.1, 0.15) is 36.6 Å². The highest BCUT2D eigenvalue weighted by Gasteiger charge is 2.54. The Bertz CT molecular complexity index is 837. The zero-order valence-corrected chi connectivity index (χ0v) is 14.8. The first kappa shape index (κ1) is 16.1. The van der Waals surface area contributed by atoms with Crippen molar-refractivity contribution in [3.8, 4) is 0 Å². The van der Waals surface area contributed by atoms with Crippen molar-refractivity contribution in [1.82, 2.24) is 9.78 Å². The van der Waals surface area contributed by atoms with Gasteiger partial charge in [0.25, 0.3) is 0 Å². The molecule has 0 radical (unpaired) electrons. The normalized spacial score (nSPS) is 30.2. The number of carbonyl (C=O) groups is 1. The number of Topliss-reactive ketones (excluding diaryl/α,β-unsaturated/α-hetero) is 1. The van der Waals surface area contributed by atoms with E-state index < -0.39 is 0 Å². The number of hydrogen-bond donors (Lipinski definition) is 1. The van der Waals surface area contributed by atoms with Gasteiger partial charge in [-0.2, -0.15) is 5.10 Å². The fourth-order valence-electron chi connectivity index (χ4n) is 5.26. The van der Waals surface area contributed by atoms with Crippen molar-refractivity contribution in [3.63, 3.8) is 0 Å². The van der Waals surface area contributed by atoms with E-state index in [0.717, 1.165) is 25.5 Å². The van der Waals surface area contributed by atoms with Gasteiger partial charge in [0.15, 0.2) is 5.78 Å². The number of nitrogens with zero attached hydrogens (tertiary/aromatic N) is 2. The van der Waals surface area contributed by atoms with Gasteiger partial charge in [0, 0.05) is 29.6 Å². The van der Waals surface area contributed by atoms with Crippen molar-refractivity contribution >= 4 is 5.78 Å². The second-order valence-electron chi connectivity index (χ2n) is 7.59. The number of aryl methyl sites for hydroxylation is 2. The summed E-state index contributed by atoms with van der Waals surface area (Å²) in [5.41, 5.74) is 4.15. The van der Waals surface area contributed by atoms with Crippen LogP contribution in [-0.4, -0.2) is 20.7 Å². The van der Waals surface area contributed by atoms with E-state index in [9.17, 15) is 9.90 Å². The molecule has 1 aromatic carbocycles. The number of hydrogen-bond acceptors (Lipinski definition) is 3. The molecule has 2 aromatic rings. The van der Waals surface area contributed by atoms with E-state index >= 15 is 0 Å². The number of rotatable bonds is 2. The number of allylic oxidation sites excluding steroid dienone is 1. The Balaban J connectivity index is 1.91. The van der Waals surface area contributed by atoms with E-state index in [1.807, 2.05) is 30.9 Å². The lowest BCUT2D eigenvalue weighted by molar-refractivity contribution is -0.124. The maximum absolute atomic E-state index is 12.7. The van der Waals surface area contributed by atoms with Crippen molar-refractivity contribution in [2.75, 3.05) is 0 Å². The lowest BCUT2D eigenvalue weighted by Gasteiger charge is -2.50. The molecule has 1 saturated carbocycles. The first-order valence-electron chi connectivity index (χ1n) is 8.99. The summed E-state index contributed by atoms with van der Waals surface area (Å²) in [5, 5.41) is 14.2. The molecule has 0 bridgehead atoms. The minimum absolute atomic E-state index is 0.0843. The van der Waals surface area contributed by atoms with Crippen molar-refractivity contribution in [3.05, 3.63) is 65.2 Å². The Hall–Kier alpha value is -2.36.